The lowest BCUT2D eigenvalue weighted by Crippen LogP contribution is -2.54. The molecule has 0 saturated carbocycles. The average molecular weight is 485 g/mol. The number of thioether (sulfide) groups is 1. The Kier molecular flexibility index (Phi) is 8.82. The molecule has 1 aromatic heterocycles. The lowest BCUT2D eigenvalue weighted by Gasteiger charge is -2.42. The van der Waals surface area contributed by atoms with Crippen LogP contribution in [0.25, 0.3) is 10.9 Å². The second-order valence-corrected chi connectivity index (χ2v) is 11.6. The summed E-state index contributed by atoms with van der Waals surface area (Å²) in [4.78, 5) is 20.6. The smallest absolute Gasteiger partial charge is 0.276 e. The number of nitrogens with zero attached hydrogens (tertiary/aromatic N) is 2. The van der Waals surface area contributed by atoms with Crippen LogP contribution in [0.1, 0.15) is 53.0 Å². The van der Waals surface area contributed by atoms with Gasteiger partial charge in [-0.25, -0.2) is 0 Å². The average Bonchev–Trinajstić information content (AvgIpc) is 3.19. The van der Waals surface area contributed by atoms with Gasteiger partial charge < -0.3 is 15.2 Å². The Morgan fingerprint density at radius 3 is 2.44 bits per heavy atom. The van der Waals surface area contributed by atoms with Crippen molar-refractivity contribution in [2.45, 2.75) is 65.5 Å². The van der Waals surface area contributed by atoms with Crippen LogP contribution in [0.15, 0.2) is 30.5 Å². The van der Waals surface area contributed by atoms with Crippen molar-refractivity contribution in [1.29, 1.82) is 10.8 Å². The molecule has 1 aliphatic heterocycles. The number of H-pyrrole nitrogens is 1. The first-order valence-electron chi connectivity index (χ1n) is 12.3. The van der Waals surface area contributed by atoms with Crippen LogP contribution >= 0.6 is 11.8 Å². The number of aromatic amines is 1. The third-order valence-corrected chi connectivity index (χ3v) is 7.33. The van der Waals surface area contributed by atoms with Crippen LogP contribution in [0, 0.1) is 16.7 Å². The Morgan fingerprint density at radius 2 is 1.79 bits per heavy atom. The number of carbonyl (C=O) groups excluding carboxylic acids is 1. The number of fused-ring (bicyclic) bond motifs is 1. The largest absolute Gasteiger partial charge is 0.361 e. The summed E-state index contributed by atoms with van der Waals surface area (Å²) in [6.07, 6.45) is 4.59. The van der Waals surface area contributed by atoms with E-state index >= 15 is 0 Å². The van der Waals surface area contributed by atoms with Gasteiger partial charge in [0, 0.05) is 54.9 Å². The highest BCUT2D eigenvalue weighted by molar-refractivity contribution is 8.27. The fourth-order valence-corrected chi connectivity index (χ4v) is 5.02. The zero-order chi connectivity index (χ0) is 24.9. The number of aromatic nitrogens is 1. The topological polar surface area (TPSA) is 99.1 Å². The summed E-state index contributed by atoms with van der Waals surface area (Å²) in [5.41, 5.74) is 2.38. The van der Waals surface area contributed by atoms with Gasteiger partial charge in [-0.1, -0.05) is 32.0 Å². The van der Waals surface area contributed by atoms with Gasteiger partial charge in [-0.3, -0.25) is 20.5 Å². The highest BCUT2D eigenvalue weighted by atomic mass is 32.2. The van der Waals surface area contributed by atoms with Crippen molar-refractivity contribution in [2.75, 3.05) is 26.2 Å². The van der Waals surface area contributed by atoms with Gasteiger partial charge in [-0.15, -0.1) is 0 Å². The number of para-hydroxylation sites is 1. The molecule has 1 saturated heterocycles. The summed E-state index contributed by atoms with van der Waals surface area (Å²) in [5.74, 6) is 0.146. The van der Waals surface area contributed by atoms with Crippen molar-refractivity contribution >= 4 is 38.8 Å². The van der Waals surface area contributed by atoms with Gasteiger partial charge in [0.1, 0.15) is 0 Å². The van der Waals surface area contributed by atoms with Gasteiger partial charge in [0.25, 0.3) is 5.91 Å². The van der Waals surface area contributed by atoms with Crippen molar-refractivity contribution in [2.24, 2.45) is 5.92 Å². The van der Waals surface area contributed by atoms with Gasteiger partial charge in [-0.05, 0) is 69.3 Å². The van der Waals surface area contributed by atoms with E-state index in [2.05, 4.69) is 62.0 Å². The summed E-state index contributed by atoms with van der Waals surface area (Å²) in [5, 5.41) is 21.2. The first kappa shape index (κ1) is 26.3. The van der Waals surface area contributed by atoms with Crippen LogP contribution in [-0.2, 0) is 11.2 Å². The van der Waals surface area contributed by atoms with E-state index in [4.69, 9.17) is 10.8 Å². The minimum Gasteiger partial charge on any atom is -0.361 e. The van der Waals surface area contributed by atoms with Crippen molar-refractivity contribution < 1.29 is 4.79 Å². The molecular weight excluding hydrogens is 444 g/mol. The summed E-state index contributed by atoms with van der Waals surface area (Å²) >= 11 is 0.956. The minimum atomic E-state index is -0.392. The van der Waals surface area contributed by atoms with Crippen LogP contribution in [0.3, 0.4) is 0 Å². The predicted octanol–water partition coefficient (Wildman–Crippen LogP) is 4.69. The van der Waals surface area contributed by atoms with Crippen molar-refractivity contribution in [3.63, 3.8) is 0 Å². The lowest BCUT2D eigenvalue weighted by atomic mass is 9.97. The van der Waals surface area contributed by atoms with Gasteiger partial charge in [0.2, 0.25) is 0 Å². The zero-order valence-corrected chi connectivity index (χ0v) is 22.0. The van der Waals surface area contributed by atoms with Crippen molar-refractivity contribution in [1.82, 2.24) is 20.1 Å². The van der Waals surface area contributed by atoms with E-state index in [1.807, 2.05) is 23.2 Å². The fraction of sp³-hybridized carbons (Fsp3) is 0.577. The van der Waals surface area contributed by atoms with Crippen LogP contribution in [0.2, 0.25) is 0 Å². The molecule has 0 radical (unpaired) electrons. The normalized spacial score (nSPS) is 16.1. The Labute approximate surface area is 208 Å². The summed E-state index contributed by atoms with van der Waals surface area (Å²) in [7, 11) is 0. The maximum absolute atomic E-state index is 12.9. The van der Waals surface area contributed by atoms with Gasteiger partial charge in [0.05, 0.1) is 0 Å². The number of hydrogen-bond donors (Lipinski definition) is 4. The maximum Gasteiger partial charge on any atom is 0.276 e. The molecule has 1 unspecified atom stereocenters. The molecule has 0 aliphatic carbocycles. The molecular formula is C26H40N6OS. The number of nitrogens with one attached hydrogen (secondary N) is 4. The van der Waals surface area contributed by atoms with E-state index in [0.717, 1.165) is 56.3 Å². The Balaban J connectivity index is 1.57. The first-order chi connectivity index (χ1) is 16.0. The Bertz CT molecular complexity index is 1000. The number of rotatable bonds is 6. The Morgan fingerprint density at radius 1 is 1.12 bits per heavy atom. The number of hydrogen-bond acceptors (Lipinski definition) is 5. The molecule has 0 bridgehead atoms. The number of benzene rings is 1. The van der Waals surface area contributed by atoms with Gasteiger partial charge >= 0.3 is 0 Å². The van der Waals surface area contributed by atoms with E-state index < -0.39 is 5.91 Å². The fourth-order valence-electron chi connectivity index (χ4n) is 4.36. The molecule has 186 valence electrons. The highest BCUT2D eigenvalue weighted by Crippen LogP contribution is 2.22. The molecule has 2 heterocycles. The molecule has 1 aliphatic rings. The molecule has 7 nitrogen and oxygen atoms in total. The first-order valence-corrected chi connectivity index (χ1v) is 13.1. The number of amidine groups is 1. The third kappa shape index (κ3) is 7.09. The minimum absolute atomic E-state index is 0.0560. The highest BCUT2D eigenvalue weighted by Gasteiger charge is 2.28. The molecule has 3 rings (SSSR count). The lowest BCUT2D eigenvalue weighted by molar-refractivity contribution is -0.115. The van der Waals surface area contributed by atoms with Crippen LogP contribution in [0.5, 0.6) is 0 Å². The summed E-state index contributed by atoms with van der Waals surface area (Å²) < 4.78 is 0. The van der Waals surface area contributed by atoms with E-state index in [1.54, 1.807) is 0 Å². The monoisotopic (exact) mass is 484 g/mol. The van der Waals surface area contributed by atoms with Gasteiger partial charge in [0.15, 0.2) is 10.2 Å². The van der Waals surface area contributed by atoms with Gasteiger partial charge in [-0.2, -0.15) is 0 Å². The summed E-state index contributed by atoms with van der Waals surface area (Å²) in [6.45, 7) is 14.2. The van der Waals surface area contributed by atoms with Crippen molar-refractivity contribution in [3.05, 3.63) is 36.0 Å². The Hall–Kier alpha value is -2.32. The summed E-state index contributed by atoms with van der Waals surface area (Å²) in [6, 6.07) is 8.14. The molecule has 4 N–H and O–H groups in total. The molecule has 2 aromatic rings. The molecule has 1 fully saturated rings. The molecule has 1 aromatic carbocycles. The molecule has 8 heteroatoms. The zero-order valence-electron chi connectivity index (χ0n) is 21.2. The standard InChI is InChI=1S/C26H40N6OS/c1-18(2)10-11-20(16-19-17-29-22-9-7-6-8-21(19)22)30-24(33)23(27)34-25(28)31-12-14-32(15-13-31)26(3,4)5/h6-9,17-18,20,27-29H,10-16H2,1-5H3,(H,30,33). The van der Waals surface area contributed by atoms with E-state index in [1.165, 1.54) is 10.9 Å². The quantitative estimate of drug-likeness (QED) is 0.353. The maximum atomic E-state index is 12.9. The van der Waals surface area contributed by atoms with E-state index in [0.29, 0.717) is 12.3 Å². The van der Waals surface area contributed by atoms with Crippen molar-refractivity contribution in [3.8, 4) is 0 Å². The third-order valence-electron chi connectivity index (χ3n) is 6.49. The van der Waals surface area contributed by atoms with E-state index in [-0.39, 0.29) is 21.8 Å². The number of carbonyl (C=O) groups is 1. The SMILES string of the molecule is CC(C)CCC(Cc1c[nH]c2ccccc12)NC(=O)C(=N)SC(=N)N1CCN(C(C)(C)C)CC1. The molecule has 1 atom stereocenters. The number of piperazine rings is 1. The molecule has 34 heavy (non-hydrogen) atoms. The second kappa shape index (κ2) is 11.4. The predicted molar refractivity (Wildman–Crippen MR) is 144 cm³/mol. The molecule has 1 amide bonds. The number of amides is 1. The van der Waals surface area contributed by atoms with Crippen LogP contribution < -0.4 is 5.32 Å². The van der Waals surface area contributed by atoms with E-state index in [9.17, 15) is 4.79 Å². The van der Waals surface area contributed by atoms with Crippen LogP contribution in [0.4, 0.5) is 0 Å². The second-order valence-electron chi connectivity index (χ2n) is 10.6. The van der Waals surface area contributed by atoms with Crippen LogP contribution in [-0.4, -0.2) is 68.7 Å². The molecule has 0 spiro atoms.